The molecule has 78 valence electrons. The Kier molecular flexibility index (Phi) is 2.52. The predicted molar refractivity (Wildman–Crippen MR) is 65.3 cm³/mol. The molecule has 0 bridgehead atoms. The lowest BCUT2D eigenvalue weighted by Crippen LogP contribution is -2.30. The average molecular weight is 246 g/mol. The fourth-order valence-electron chi connectivity index (χ4n) is 1.58. The van der Waals surface area contributed by atoms with E-state index in [9.17, 15) is 0 Å². The molecular formula is C12H10N2S2+2. The Balaban J connectivity index is 2.07. The Morgan fingerprint density at radius 1 is 0.812 bits per heavy atom. The topological polar surface area (TPSA) is 7.76 Å². The van der Waals surface area contributed by atoms with E-state index in [1.54, 1.807) is 22.7 Å². The van der Waals surface area contributed by atoms with Crippen LogP contribution in [-0.2, 0) is 0 Å². The summed E-state index contributed by atoms with van der Waals surface area (Å²) in [6.45, 7) is 0. The van der Waals surface area contributed by atoms with Crippen LogP contribution in [0, 0.1) is 0 Å². The maximum absolute atomic E-state index is 2.18. The summed E-state index contributed by atoms with van der Waals surface area (Å²) in [4.78, 5) is 0. The van der Waals surface area contributed by atoms with E-state index in [4.69, 9.17) is 0 Å². The van der Waals surface area contributed by atoms with Gasteiger partial charge in [-0.2, -0.15) is 9.13 Å². The number of hydrogen-bond acceptors (Lipinski definition) is 2. The van der Waals surface area contributed by atoms with E-state index in [1.165, 1.54) is 11.4 Å². The van der Waals surface area contributed by atoms with Crippen molar-refractivity contribution >= 4 is 22.7 Å². The van der Waals surface area contributed by atoms with Gasteiger partial charge < -0.3 is 0 Å². The summed E-state index contributed by atoms with van der Waals surface area (Å²) in [6, 6.07) is 8.49. The molecule has 0 atom stereocenters. The highest BCUT2D eigenvalue weighted by atomic mass is 32.1. The summed E-state index contributed by atoms with van der Waals surface area (Å²) in [7, 11) is 0. The van der Waals surface area contributed by atoms with Crippen LogP contribution in [0.5, 0.6) is 0 Å². The van der Waals surface area contributed by atoms with Crippen molar-refractivity contribution in [2.24, 2.45) is 0 Å². The predicted octanol–water partition coefficient (Wildman–Crippen LogP) is 2.36. The molecule has 2 nitrogen and oxygen atoms in total. The Bertz CT molecular complexity index is 521. The molecule has 3 rings (SSSR count). The number of thiazole rings is 2. The van der Waals surface area contributed by atoms with Crippen molar-refractivity contribution in [1.82, 2.24) is 0 Å². The fraction of sp³-hybridized carbons (Fsp3) is 0. The first-order valence-corrected chi connectivity index (χ1v) is 6.80. The highest BCUT2D eigenvalue weighted by Gasteiger charge is 2.11. The molecule has 0 fully saturated rings. The summed E-state index contributed by atoms with van der Waals surface area (Å²) >= 11 is 3.39. The molecule has 0 unspecified atom stereocenters. The van der Waals surface area contributed by atoms with E-state index in [-0.39, 0.29) is 0 Å². The third-order valence-electron chi connectivity index (χ3n) is 2.37. The minimum atomic E-state index is 1.19. The van der Waals surface area contributed by atoms with Gasteiger partial charge in [-0.3, -0.25) is 0 Å². The zero-order chi connectivity index (χ0) is 10.8. The SMILES string of the molecule is c1cc(-[n+]2ccsc2)cc(-[n+]2ccsc2)c1. The lowest BCUT2D eigenvalue weighted by molar-refractivity contribution is -0.598. The van der Waals surface area contributed by atoms with Gasteiger partial charge in [-0.25, -0.2) is 0 Å². The quantitative estimate of drug-likeness (QED) is 0.613. The molecule has 2 aromatic heterocycles. The van der Waals surface area contributed by atoms with E-state index in [2.05, 4.69) is 67.6 Å². The normalized spacial score (nSPS) is 10.5. The fourth-order valence-corrected chi connectivity index (χ4v) is 2.77. The number of benzene rings is 1. The highest BCUT2D eigenvalue weighted by molar-refractivity contribution is 7.07. The largest absolute Gasteiger partial charge is 0.230 e. The van der Waals surface area contributed by atoms with Crippen molar-refractivity contribution in [3.05, 3.63) is 58.4 Å². The van der Waals surface area contributed by atoms with Gasteiger partial charge in [-0.15, -0.1) is 0 Å². The number of nitrogens with zero attached hydrogens (tertiary/aromatic N) is 2. The number of rotatable bonds is 2. The summed E-state index contributed by atoms with van der Waals surface area (Å²) < 4.78 is 4.25. The molecule has 0 spiro atoms. The van der Waals surface area contributed by atoms with Crippen LogP contribution in [0.1, 0.15) is 0 Å². The molecule has 4 heteroatoms. The van der Waals surface area contributed by atoms with Crippen LogP contribution < -0.4 is 9.13 Å². The second-order valence-electron chi connectivity index (χ2n) is 3.39. The molecule has 0 saturated heterocycles. The van der Waals surface area contributed by atoms with Crippen molar-refractivity contribution in [2.75, 3.05) is 0 Å². The van der Waals surface area contributed by atoms with Crippen LogP contribution in [0.3, 0.4) is 0 Å². The minimum absolute atomic E-state index is 1.19. The minimum Gasteiger partial charge on any atom is -0.157 e. The molecule has 0 aliphatic rings. The summed E-state index contributed by atoms with van der Waals surface area (Å²) in [5, 5.41) is 4.15. The summed E-state index contributed by atoms with van der Waals surface area (Å²) in [5.74, 6) is 0. The maximum Gasteiger partial charge on any atom is 0.230 e. The van der Waals surface area contributed by atoms with Gasteiger partial charge in [0.25, 0.3) is 0 Å². The first-order valence-electron chi connectivity index (χ1n) is 4.91. The first-order chi connectivity index (χ1) is 7.93. The van der Waals surface area contributed by atoms with Gasteiger partial charge >= 0.3 is 0 Å². The number of aromatic nitrogens is 2. The van der Waals surface area contributed by atoms with Crippen LogP contribution >= 0.6 is 22.7 Å². The van der Waals surface area contributed by atoms with Gasteiger partial charge in [0.2, 0.25) is 22.4 Å². The molecule has 1 aromatic carbocycles. The molecule has 2 heterocycles. The van der Waals surface area contributed by atoms with Gasteiger partial charge in [-0.1, -0.05) is 22.7 Å². The van der Waals surface area contributed by atoms with Crippen molar-refractivity contribution in [1.29, 1.82) is 0 Å². The van der Waals surface area contributed by atoms with E-state index >= 15 is 0 Å². The lowest BCUT2D eigenvalue weighted by atomic mass is 10.2. The monoisotopic (exact) mass is 246 g/mol. The van der Waals surface area contributed by atoms with E-state index in [0.29, 0.717) is 0 Å². The van der Waals surface area contributed by atoms with Crippen molar-refractivity contribution in [2.45, 2.75) is 0 Å². The second-order valence-corrected chi connectivity index (χ2v) is 4.90. The third kappa shape index (κ3) is 1.77. The lowest BCUT2D eigenvalue weighted by Gasteiger charge is -1.93. The van der Waals surface area contributed by atoms with E-state index in [0.717, 1.165) is 0 Å². The Morgan fingerprint density at radius 3 is 1.81 bits per heavy atom. The molecule has 0 aliphatic carbocycles. The van der Waals surface area contributed by atoms with E-state index in [1.807, 2.05) is 0 Å². The Hall–Kier alpha value is -1.52. The average Bonchev–Trinajstić information content (AvgIpc) is 3.03. The summed E-state index contributed by atoms with van der Waals surface area (Å²) in [5.41, 5.74) is 6.57. The highest BCUT2D eigenvalue weighted by Crippen LogP contribution is 2.06. The van der Waals surface area contributed by atoms with Gasteiger partial charge in [0.05, 0.1) is 16.8 Å². The Labute approximate surface area is 102 Å². The van der Waals surface area contributed by atoms with Crippen LogP contribution in [0.25, 0.3) is 11.4 Å². The molecular weight excluding hydrogens is 236 g/mol. The summed E-state index contributed by atoms with van der Waals surface area (Å²) in [6.07, 6.45) is 4.14. The smallest absolute Gasteiger partial charge is 0.157 e. The van der Waals surface area contributed by atoms with Gasteiger partial charge in [0.1, 0.15) is 0 Å². The van der Waals surface area contributed by atoms with E-state index < -0.39 is 0 Å². The zero-order valence-electron chi connectivity index (χ0n) is 8.48. The van der Waals surface area contributed by atoms with Crippen molar-refractivity contribution < 1.29 is 9.13 Å². The van der Waals surface area contributed by atoms with Crippen LogP contribution in [0.15, 0.2) is 58.4 Å². The molecule has 16 heavy (non-hydrogen) atoms. The van der Waals surface area contributed by atoms with Crippen LogP contribution in [-0.4, -0.2) is 0 Å². The first kappa shape index (κ1) is 9.69. The van der Waals surface area contributed by atoms with Crippen LogP contribution in [0.4, 0.5) is 0 Å². The standard InChI is InChI=1S/C12H10N2S2/c1-2-11(13-4-6-15-9-13)8-12(3-1)14-5-7-16-10-14/h1-10H/q+2. The molecule has 0 amide bonds. The van der Waals surface area contributed by atoms with Gasteiger partial charge in [0, 0.05) is 12.1 Å². The second kappa shape index (κ2) is 4.15. The van der Waals surface area contributed by atoms with Gasteiger partial charge in [-0.05, 0) is 6.07 Å². The molecule has 0 radical (unpaired) electrons. The van der Waals surface area contributed by atoms with Crippen LogP contribution in [0.2, 0.25) is 0 Å². The third-order valence-corrected chi connectivity index (χ3v) is 3.63. The zero-order valence-corrected chi connectivity index (χ0v) is 10.1. The molecule has 3 aromatic rings. The van der Waals surface area contributed by atoms with Crippen molar-refractivity contribution in [3.8, 4) is 11.4 Å². The molecule has 0 N–H and O–H groups in total. The maximum atomic E-state index is 2.18. The van der Waals surface area contributed by atoms with Crippen molar-refractivity contribution in [3.63, 3.8) is 0 Å². The molecule has 0 aliphatic heterocycles. The Morgan fingerprint density at radius 2 is 1.38 bits per heavy atom. The molecule has 0 saturated carbocycles. The number of hydrogen-bond donors (Lipinski definition) is 0. The van der Waals surface area contributed by atoms with Gasteiger partial charge in [0.15, 0.2) is 12.4 Å².